The number of likely N-dealkylation sites (tertiary alicyclic amines) is 2. The first kappa shape index (κ1) is 17.1. The highest BCUT2D eigenvalue weighted by molar-refractivity contribution is 5.93. The van der Waals surface area contributed by atoms with Gasteiger partial charge in [-0.15, -0.1) is 0 Å². The van der Waals surface area contributed by atoms with Crippen molar-refractivity contribution in [2.24, 2.45) is 11.3 Å². The van der Waals surface area contributed by atoms with Crippen LogP contribution in [0, 0.1) is 18.3 Å². The number of carbonyl (C=O) groups excluding carboxylic acids is 2. The summed E-state index contributed by atoms with van der Waals surface area (Å²) in [4.78, 5) is 47.2. The van der Waals surface area contributed by atoms with Gasteiger partial charge in [0.1, 0.15) is 11.7 Å². The van der Waals surface area contributed by atoms with Crippen molar-refractivity contribution in [2.45, 2.75) is 45.1 Å². The van der Waals surface area contributed by atoms with Gasteiger partial charge in [-0.2, -0.15) is 0 Å². The Morgan fingerprint density at radius 3 is 2.50 bits per heavy atom. The molecular weight excluding hydrogens is 336 g/mol. The molecule has 26 heavy (non-hydrogen) atoms. The van der Waals surface area contributed by atoms with Crippen molar-refractivity contribution in [1.82, 2.24) is 19.8 Å². The summed E-state index contributed by atoms with van der Waals surface area (Å²) in [6.07, 6.45) is 5.20. The van der Waals surface area contributed by atoms with Crippen molar-refractivity contribution in [3.05, 3.63) is 17.7 Å². The highest BCUT2D eigenvalue weighted by Gasteiger charge is 2.52. The Labute approximate surface area is 151 Å². The quantitative estimate of drug-likeness (QED) is 0.837. The van der Waals surface area contributed by atoms with E-state index >= 15 is 0 Å². The van der Waals surface area contributed by atoms with Crippen LogP contribution < -0.4 is 0 Å². The molecule has 0 bridgehead atoms. The third-order valence-electron chi connectivity index (χ3n) is 6.15. The van der Waals surface area contributed by atoms with Gasteiger partial charge in [0.15, 0.2) is 0 Å². The summed E-state index contributed by atoms with van der Waals surface area (Å²) in [6, 6.07) is -0.723. The zero-order valence-corrected chi connectivity index (χ0v) is 14.9. The van der Waals surface area contributed by atoms with Crippen LogP contribution in [0.15, 0.2) is 6.33 Å². The van der Waals surface area contributed by atoms with Gasteiger partial charge in [-0.25, -0.2) is 9.78 Å². The van der Waals surface area contributed by atoms with Crippen LogP contribution >= 0.6 is 0 Å². The second-order valence-electron chi connectivity index (χ2n) is 7.97. The number of carbonyl (C=O) groups is 3. The van der Waals surface area contributed by atoms with Gasteiger partial charge in [0.05, 0.1) is 6.33 Å². The number of aryl methyl sites for hydroxylation is 1. The molecule has 0 radical (unpaired) electrons. The van der Waals surface area contributed by atoms with Gasteiger partial charge in [0.25, 0.3) is 5.91 Å². The summed E-state index contributed by atoms with van der Waals surface area (Å²) in [5.41, 5.74) is 1.01. The van der Waals surface area contributed by atoms with E-state index in [1.165, 1.54) is 6.33 Å². The Kier molecular flexibility index (Phi) is 4.00. The fourth-order valence-corrected chi connectivity index (χ4v) is 4.34. The number of nitrogens with zero attached hydrogens (tertiary/aromatic N) is 3. The number of hydrogen-bond donors (Lipinski definition) is 2. The van der Waals surface area contributed by atoms with Crippen molar-refractivity contribution in [1.29, 1.82) is 0 Å². The van der Waals surface area contributed by atoms with E-state index in [-0.39, 0.29) is 23.1 Å². The summed E-state index contributed by atoms with van der Waals surface area (Å²) < 4.78 is 0. The van der Waals surface area contributed by atoms with Crippen molar-refractivity contribution in [2.75, 3.05) is 19.6 Å². The van der Waals surface area contributed by atoms with Gasteiger partial charge >= 0.3 is 5.97 Å². The van der Waals surface area contributed by atoms with Gasteiger partial charge in [-0.05, 0) is 44.4 Å². The van der Waals surface area contributed by atoms with Crippen molar-refractivity contribution in [3.8, 4) is 0 Å². The first-order valence-corrected chi connectivity index (χ1v) is 9.23. The number of piperidine rings is 1. The number of aliphatic carboxylic acids is 1. The number of H-pyrrole nitrogens is 1. The largest absolute Gasteiger partial charge is 0.480 e. The summed E-state index contributed by atoms with van der Waals surface area (Å²) in [5, 5.41) is 9.57. The van der Waals surface area contributed by atoms with Gasteiger partial charge in [-0.3, -0.25) is 9.59 Å². The molecule has 1 atom stereocenters. The zero-order chi connectivity index (χ0) is 18.5. The standard InChI is InChI=1S/C18H24N4O4/c1-11-14(20-10-19-11)16(24)21-6-4-18(5-7-21)8-13(17(25)26)22(9-18)15(23)12-2-3-12/h10,12-13H,2-9H2,1H3,(H,19,20)(H,25,26)/t13-/m1/s1. The Hall–Kier alpha value is -2.38. The van der Waals surface area contributed by atoms with Gasteiger partial charge in [0.2, 0.25) is 5.91 Å². The first-order chi connectivity index (χ1) is 12.4. The Morgan fingerprint density at radius 2 is 1.96 bits per heavy atom. The predicted molar refractivity (Wildman–Crippen MR) is 91.4 cm³/mol. The normalized spacial score (nSPS) is 24.9. The number of nitrogens with one attached hydrogen (secondary N) is 1. The van der Waals surface area contributed by atoms with Gasteiger partial charge in [0, 0.05) is 31.2 Å². The third kappa shape index (κ3) is 2.87. The Morgan fingerprint density at radius 1 is 1.27 bits per heavy atom. The number of amides is 2. The molecule has 2 aliphatic heterocycles. The molecule has 3 fully saturated rings. The molecule has 1 aromatic rings. The number of carboxylic acids is 1. The Bertz CT molecular complexity index is 746. The minimum atomic E-state index is -0.915. The van der Waals surface area contributed by atoms with Crippen LogP contribution in [0.5, 0.6) is 0 Å². The topological polar surface area (TPSA) is 107 Å². The predicted octanol–water partition coefficient (Wildman–Crippen LogP) is 1.04. The van der Waals surface area contributed by atoms with E-state index in [1.54, 1.807) is 9.80 Å². The highest BCUT2D eigenvalue weighted by Crippen LogP contribution is 2.45. The molecule has 140 valence electrons. The molecule has 8 heteroatoms. The molecule has 4 rings (SSSR count). The molecule has 2 saturated heterocycles. The SMILES string of the molecule is Cc1[nH]cnc1C(=O)N1CCC2(CC1)C[C@H](C(=O)O)N(C(=O)C1CC1)C2. The van der Waals surface area contributed by atoms with E-state index in [2.05, 4.69) is 9.97 Å². The fourth-order valence-electron chi connectivity index (χ4n) is 4.34. The number of aromatic nitrogens is 2. The van der Waals surface area contributed by atoms with Crippen LogP contribution in [0.1, 0.15) is 48.3 Å². The molecule has 0 unspecified atom stereocenters. The molecule has 8 nitrogen and oxygen atoms in total. The maximum absolute atomic E-state index is 12.6. The second kappa shape index (κ2) is 6.10. The molecule has 2 amide bonds. The van der Waals surface area contributed by atoms with E-state index in [0.29, 0.717) is 31.7 Å². The second-order valence-corrected chi connectivity index (χ2v) is 7.97. The van der Waals surface area contributed by atoms with Crippen LogP contribution in [0.2, 0.25) is 0 Å². The summed E-state index contributed by atoms with van der Waals surface area (Å²) in [6.45, 7) is 3.47. The number of hydrogen-bond acceptors (Lipinski definition) is 4. The lowest BCUT2D eigenvalue weighted by Crippen LogP contribution is -2.45. The van der Waals surface area contributed by atoms with E-state index in [4.69, 9.17) is 0 Å². The average molecular weight is 360 g/mol. The minimum Gasteiger partial charge on any atom is -0.480 e. The summed E-state index contributed by atoms with van der Waals surface area (Å²) >= 11 is 0. The van der Waals surface area contributed by atoms with Gasteiger partial charge < -0.3 is 19.9 Å². The van der Waals surface area contributed by atoms with Gasteiger partial charge in [-0.1, -0.05) is 0 Å². The number of aromatic amines is 1. The first-order valence-electron chi connectivity index (χ1n) is 9.23. The maximum atomic E-state index is 12.6. The van der Waals surface area contributed by atoms with E-state index in [0.717, 1.165) is 31.4 Å². The molecule has 1 aliphatic carbocycles. The van der Waals surface area contributed by atoms with Crippen LogP contribution in [0.25, 0.3) is 0 Å². The lowest BCUT2D eigenvalue weighted by atomic mass is 9.76. The fraction of sp³-hybridized carbons (Fsp3) is 0.667. The molecular formula is C18H24N4O4. The van der Waals surface area contributed by atoms with E-state index in [1.807, 2.05) is 6.92 Å². The molecule has 3 aliphatic rings. The minimum absolute atomic E-state index is 0.0000662. The van der Waals surface area contributed by atoms with Crippen LogP contribution in [0.4, 0.5) is 0 Å². The third-order valence-corrected chi connectivity index (χ3v) is 6.15. The molecule has 1 saturated carbocycles. The van der Waals surface area contributed by atoms with E-state index in [9.17, 15) is 19.5 Å². The molecule has 3 heterocycles. The molecule has 0 aromatic carbocycles. The van der Waals surface area contributed by atoms with Crippen LogP contribution in [-0.2, 0) is 9.59 Å². The maximum Gasteiger partial charge on any atom is 0.326 e. The molecule has 1 aromatic heterocycles. The summed E-state index contributed by atoms with van der Waals surface area (Å²) in [7, 11) is 0. The molecule has 1 spiro atoms. The van der Waals surface area contributed by atoms with Crippen molar-refractivity contribution in [3.63, 3.8) is 0 Å². The van der Waals surface area contributed by atoms with Crippen molar-refractivity contribution >= 4 is 17.8 Å². The lowest BCUT2D eigenvalue weighted by molar-refractivity contribution is -0.148. The smallest absolute Gasteiger partial charge is 0.326 e. The zero-order valence-electron chi connectivity index (χ0n) is 14.9. The number of rotatable bonds is 3. The number of imidazole rings is 1. The van der Waals surface area contributed by atoms with Crippen molar-refractivity contribution < 1.29 is 19.5 Å². The number of carboxylic acid groups (broad SMARTS) is 1. The van der Waals surface area contributed by atoms with Crippen LogP contribution in [0.3, 0.4) is 0 Å². The Balaban J connectivity index is 1.44. The monoisotopic (exact) mass is 360 g/mol. The molecule has 2 N–H and O–H groups in total. The highest BCUT2D eigenvalue weighted by atomic mass is 16.4. The average Bonchev–Trinajstić information content (AvgIpc) is 3.28. The van der Waals surface area contributed by atoms with Crippen LogP contribution in [-0.4, -0.2) is 68.3 Å². The lowest BCUT2D eigenvalue weighted by Gasteiger charge is -2.39. The van der Waals surface area contributed by atoms with E-state index < -0.39 is 12.0 Å². The summed E-state index contributed by atoms with van der Waals surface area (Å²) in [5.74, 6) is -0.977.